The van der Waals surface area contributed by atoms with Crippen LogP contribution in [0.4, 0.5) is 11.4 Å². The summed E-state index contributed by atoms with van der Waals surface area (Å²) in [6.07, 6.45) is 3.90. The second-order valence-corrected chi connectivity index (χ2v) is 6.44. The molecule has 0 radical (unpaired) electrons. The van der Waals surface area contributed by atoms with Gasteiger partial charge in [-0.25, -0.2) is 0 Å². The van der Waals surface area contributed by atoms with Gasteiger partial charge < -0.3 is 10.2 Å². The number of anilines is 2. The standard InChI is InChI=1S/C18H20ClN3O/c1-13-5-4-10-22(12-13)18(23)17-11-14(8-9-20-17)21-16-7-3-2-6-15(16)19/h2-3,6-9,11,13H,4-5,10,12H2,1H3,(H,20,21). The molecule has 5 heteroatoms. The van der Waals surface area contributed by atoms with Crippen LogP contribution in [-0.2, 0) is 0 Å². The predicted octanol–water partition coefficient (Wildman–Crippen LogP) is 4.35. The molecule has 0 aliphatic carbocycles. The highest BCUT2D eigenvalue weighted by Crippen LogP contribution is 2.25. The number of hydrogen-bond donors (Lipinski definition) is 1. The molecule has 1 aromatic carbocycles. The normalized spacial score (nSPS) is 17.8. The smallest absolute Gasteiger partial charge is 0.272 e. The number of aromatic nitrogens is 1. The van der Waals surface area contributed by atoms with Gasteiger partial charge in [0.15, 0.2) is 0 Å². The number of amides is 1. The molecule has 1 saturated heterocycles. The van der Waals surface area contributed by atoms with Crippen LogP contribution in [0.2, 0.25) is 5.02 Å². The number of halogens is 1. The number of nitrogens with zero attached hydrogens (tertiary/aromatic N) is 2. The first-order valence-corrected chi connectivity index (χ1v) is 8.28. The fourth-order valence-electron chi connectivity index (χ4n) is 2.88. The van der Waals surface area contributed by atoms with Crippen molar-refractivity contribution < 1.29 is 4.79 Å². The third-order valence-corrected chi connectivity index (χ3v) is 4.41. The molecule has 1 unspecified atom stereocenters. The summed E-state index contributed by atoms with van der Waals surface area (Å²) in [5, 5.41) is 3.88. The molecule has 1 amide bonds. The van der Waals surface area contributed by atoms with Crippen molar-refractivity contribution in [1.82, 2.24) is 9.88 Å². The summed E-state index contributed by atoms with van der Waals surface area (Å²) in [5.74, 6) is 0.552. The average molecular weight is 330 g/mol. The van der Waals surface area contributed by atoms with Crippen molar-refractivity contribution in [3.63, 3.8) is 0 Å². The monoisotopic (exact) mass is 329 g/mol. The van der Waals surface area contributed by atoms with Gasteiger partial charge >= 0.3 is 0 Å². The molecule has 0 bridgehead atoms. The van der Waals surface area contributed by atoms with Crippen LogP contribution in [0.1, 0.15) is 30.3 Å². The first-order chi connectivity index (χ1) is 11.1. The number of pyridine rings is 1. The summed E-state index contributed by atoms with van der Waals surface area (Å²) >= 11 is 6.16. The fraction of sp³-hybridized carbons (Fsp3) is 0.333. The van der Waals surface area contributed by atoms with E-state index in [0.29, 0.717) is 16.6 Å². The van der Waals surface area contributed by atoms with E-state index in [-0.39, 0.29) is 5.91 Å². The molecule has 1 aromatic heterocycles. The number of rotatable bonds is 3. The predicted molar refractivity (Wildman–Crippen MR) is 93.3 cm³/mol. The number of carbonyl (C=O) groups excluding carboxylic acids is 1. The zero-order valence-electron chi connectivity index (χ0n) is 13.1. The van der Waals surface area contributed by atoms with Crippen molar-refractivity contribution in [1.29, 1.82) is 0 Å². The fourth-order valence-corrected chi connectivity index (χ4v) is 3.06. The van der Waals surface area contributed by atoms with E-state index in [4.69, 9.17) is 11.6 Å². The van der Waals surface area contributed by atoms with Crippen molar-refractivity contribution in [3.05, 3.63) is 53.3 Å². The Balaban J connectivity index is 1.77. The van der Waals surface area contributed by atoms with Crippen molar-refractivity contribution >= 4 is 28.9 Å². The highest BCUT2D eigenvalue weighted by molar-refractivity contribution is 6.33. The second kappa shape index (κ2) is 7.01. The minimum atomic E-state index is -0.000594. The molecular formula is C18H20ClN3O. The SMILES string of the molecule is CC1CCCN(C(=O)c2cc(Nc3ccccc3Cl)ccn2)C1. The third-order valence-electron chi connectivity index (χ3n) is 4.08. The summed E-state index contributed by atoms with van der Waals surface area (Å²) in [7, 11) is 0. The molecule has 1 atom stereocenters. The number of piperidine rings is 1. The van der Waals surface area contributed by atoms with Crippen LogP contribution in [0.5, 0.6) is 0 Å². The van der Waals surface area contributed by atoms with Crippen LogP contribution in [0, 0.1) is 5.92 Å². The van der Waals surface area contributed by atoms with Crippen molar-refractivity contribution in [3.8, 4) is 0 Å². The number of para-hydroxylation sites is 1. The number of likely N-dealkylation sites (tertiary alicyclic amines) is 1. The first kappa shape index (κ1) is 15.8. The van der Waals surface area contributed by atoms with Crippen molar-refractivity contribution in [2.24, 2.45) is 5.92 Å². The van der Waals surface area contributed by atoms with Gasteiger partial charge in [0.2, 0.25) is 0 Å². The van der Waals surface area contributed by atoms with Crippen LogP contribution in [-0.4, -0.2) is 28.9 Å². The van der Waals surface area contributed by atoms with E-state index in [9.17, 15) is 4.79 Å². The Hall–Kier alpha value is -2.07. The summed E-state index contributed by atoms with van der Waals surface area (Å²) in [6.45, 7) is 3.80. The maximum Gasteiger partial charge on any atom is 0.272 e. The highest BCUT2D eigenvalue weighted by atomic mass is 35.5. The van der Waals surface area contributed by atoms with Crippen LogP contribution >= 0.6 is 11.6 Å². The Labute approximate surface area is 141 Å². The van der Waals surface area contributed by atoms with E-state index in [1.165, 1.54) is 6.42 Å². The van der Waals surface area contributed by atoms with E-state index < -0.39 is 0 Å². The van der Waals surface area contributed by atoms with Gasteiger partial charge in [0.1, 0.15) is 5.69 Å². The zero-order valence-corrected chi connectivity index (χ0v) is 13.9. The molecule has 0 spiro atoms. The van der Waals surface area contributed by atoms with Gasteiger partial charge in [0, 0.05) is 25.0 Å². The molecule has 120 valence electrons. The molecule has 0 saturated carbocycles. The third kappa shape index (κ3) is 3.82. The Bertz CT molecular complexity index is 704. The average Bonchev–Trinajstić information content (AvgIpc) is 2.56. The lowest BCUT2D eigenvalue weighted by atomic mass is 10.00. The van der Waals surface area contributed by atoms with Gasteiger partial charge in [-0.1, -0.05) is 30.7 Å². The minimum absolute atomic E-state index is 0.000594. The van der Waals surface area contributed by atoms with Crippen LogP contribution < -0.4 is 5.32 Å². The Morgan fingerprint density at radius 3 is 2.96 bits per heavy atom. The van der Waals surface area contributed by atoms with Gasteiger partial charge in [-0.15, -0.1) is 0 Å². The molecule has 3 rings (SSSR count). The lowest BCUT2D eigenvalue weighted by Crippen LogP contribution is -2.39. The number of carbonyl (C=O) groups is 1. The Morgan fingerprint density at radius 2 is 2.17 bits per heavy atom. The molecule has 23 heavy (non-hydrogen) atoms. The van der Waals surface area contributed by atoms with Gasteiger partial charge in [-0.05, 0) is 43.0 Å². The molecular weight excluding hydrogens is 310 g/mol. The van der Waals surface area contributed by atoms with E-state index >= 15 is 0 Å². The second-order valence-electron chi connectivity index (χ2n) is 6.03. The summed E-state index contributed by atoms with van der Waals surface area (Å²) < 4.78 is 0. The molecule has 2 heterocycles. The lowest BCUT2D eigenvalue weighted by molar-refractivity contribution is 0.0677. The van der Waals surface area contributed by atoms with E-state index in [2.05, 4.69) is 17.2 Å². The highest BCUT2D eigenvalue weighted by Gasteiger charge is 2.23. The van der Waals surface area contributed by atoms with Crippen LogP contribution in [0.3, 0.4) is 0 Å². The van der Waals surface area contributed by atoms with Crippen LogP contribution in [0.15, 0.2) is 42.6 Å². The van der Waals surface area contributed by atoms with E-state index in [1.54, 1.807) is 12.3 Å². The summed E-state index contributed by atoms with van der Waals surface area (Å²) in [4.78, 5) is 18.8. The topological polar surface area (TPSA) is 45.2 Å². The first-order valence-electron chi connectivity index (χ1n) is 7.90. The minimum Gasteiger partial charge on any atom is -0.354 e. The summed E-state index contributed by atoms with van der Waals surface area (Å²) in [5.41, 5.74) is 2.09. The Kier molecular flexibility index (Phi) is 4.82. The maximum absolute atomic E-state index is 12.6. The van der Waals surface area contributed by atoms with E-state index in [0.717, 1.165) is 30.9 Å². The Morgan fingerprint density at radius 1 is 1.35 bits per heavy atom. The zero-order chi connectivity index (χ0) is 16.2. The molecule has 1 fully saturated rings. The lowest BCUT2D eigenvalue weighted by Gasteiger charge is -2.30. The largest absolute Gasteiger partial charge is 0.354 e. The van der Waals surface area contributed by atoms with Crippen LogP contribution in [0.25, 0.3) is 0 Å². The van der Waals surface area contributed by atoms with Crippen molar-refractivity contribution in [2.75, 3.05) is 18.4 Å². The van der Waals surface area contributed by atoms with Gasteiger partial charge in [0.25, 0.3) is 5.91 Å². The quantitative estimate of drug-likeness (QED) is 0.910. The number of benzene rings is 1. The molecule has 1 aliphatic heterocycles. The number of nitrogens with one attached hydrogen (secondary N) is 1. The van der Waals surface area contributed by atoms with E-state index in [1.807, 2.05) is 35.2 Å². The molecule has 1 N–H and O–H groups in total. The molecule has 4 nitrogen and oxygen atoms in total. The molecule has 2 aromatic rings. The maximum atomic E-state index is 12.6. The van der Waals surface area contributed by atoms with Gasteiger partial charge in [-0.3, -0.25) is 9.78 Å². The van der Waals surface area contributed by atoms with Gasteiger partial charge in [0.05, 0.1) is 10.7 Å². The molecule has 1 aliphatic rings. The van der Waals surface area contributed by atoms with Gasteiger partial charge in [-0.2, -0.15) is 0 Å². The van der Waals surface area contributed by atoms with Crippen molar-refractivity contribution in [2.45, 2.75) is 19.8 Å². The summed E-state index contributed by atoms with van der Waals surface area (Å²) in [6, 6.07) is 11.1. The number of hydrogen-bond acceptors (Lipinski definition) is 3.